The van der Waals surface area contributed by atoms with Gasteiger partial charge in [-0.3, -0.25) is 4.79 Å². The lowest BCUT2D eigenvalue weighted by Gasteiger charge is -2.36. The van der Waals surface area contributed by atoms with E-state index in [0.29, 0.717) is 26.1 Å². The molecule has 0 saturated carbocycles. The van der Waals surface area contributed by atoms with Gasteiger partial charge in [-0.15, -0.1) is 0 Å². The van der Waals surface area contributed by atoms with E-state index in [2.05, 4.69) is 25.5 Å². The molecular weight excluding hydrogens is 426 g/mol. The van der Waals surface area contributed by atoms with Crippen LogP contribution in [0.4, 0.5) is 23.0 Å². The maximum absolute atomic E-state index is 13.5. The van der Waals surface area contributed by atoms with Gasteiger partial charge in [-0.05, 0) is 62.4 Å². The van der Waals surface area contributed by atoms with Crippen LogP contribution in [-0.4, -0.2) is 42.2 Å². The van der Waals surface area contributed by atoms with Crippen LogP contribution in [0.1, 0.15) is 37.1 Å². The summed E-state index contributed by atoms with van der Waals surface area (Å²) in [6, 6.07) is 19.8. The van der Waals surface area contributed by atoms with Crippen molar-refractivity contribution in [3.8, 4) is 0 Å². The third-order valence-electron chi connectivity index (χ3n) is 6.78. The minimum atomic E-state index is -0.569. The lowest BCUT2D eigenvalue weighted by atomic mass is 9.73. The van der Waals surface area contributed by atoms with Gasteiger partial charge < -0.3 is 20.3 Å². The Morgan fingerprint density at radius 1 is 0.941 bits per heavy atom. The van der Waals surface area contributed by atoms with E-state index >= 15 is 0 Å². The molecule has 7 nitrogen and oxygen atoms in total. The second-order valence-corrected chi connectivity index (χ2v) is 9.07. The highest BCUT2D eigenvalue weighted by atomic mass is 16.5. The number of carbonyl (C=O) groups excluding carboxylic acids is 1. The molecule has 2 N–H and O–H groups in total. The standard InChI is InChI=1S/C27H31N5O2/c1-20-28-24(19-25(29-20)32-15-5-6-16-32)30-22-9-11-23(12-10-22)31-26(33)27(13-17-34-18-14-27)21-7-3-2-4-8-21/h2-4,7-12,19H,5-6,13-18H2,1H3,(H,31,33)(H,28,29,30). The minimum absolute atomic E-state index is 0.0180. The molecule has 0 bridgehead atoms. The smallest absolute Gasteiger partial charge is 0.235 e. The summed E-state index contributed by atoms with van der Waals surface area (Å²) in [6.07, 6.45) is 3.76. The third-order valence-corrected chi connectivity index (χ3v) is 6.78. The summed E-state index contributed by atoms with van der Waals surface area (Å²) in [7, 11) is 0. The summed E-state index contributed by atoms with van der Waals surface area (Å²) in [5, 5.41) is 6.52. The summed E-state index contributed by atoms with van der Waals surface area (Å²) in [5.74, 6) is 2.51. The Morgan fingerprint density at radius 2 is 1.62 bits per heavy atom. The number of rotatable bonds is 6. The van der Waals surface area contributed by atoms with E-state index in [9.17, 15) is 4.79 Å². The second-order valence-electron chi connectivity index (χ2n) is 9.07. The van der Waals surface area contributed by atoms with Crippen molar-refractivity contribution in [3.05, 3.63) is 72.1 Å². The number of hydrogen-bond acceptors (Lipinski definition) is 6. The highest BCUT2D eigenvalue weighted by molar-refractivity contribution is 5.99. The summed E-state index contributed by atoms with van der Waals surface area (Å²) >= 11 is 0. The van der Waals surface area contributed by atoms with Crippen LogP contribution in [0, 0.1) is 6.92 Å². The number of nitrogens with one attached hydrogen (secondary N) is 2. The maximum atomic E-state index is 13.5. The van der Waals surface area contributed by atoms with E-state index in [1.54, 1.807) is 0 Å². The quantitative estimate of drug-likeness (QED) is 0.553. The number of ether oxygens (including phenoxy) is 1. The minimum Gasteiger partial charge on any atom is -0.381 e. The Labute approximate surface area is 200 Å². The molecule has 2 aliphatic rings. The number of amides is 1. The predicted octanol–water partition coefficient (Wildman–Crippen LogP) is 4.82. The zero-order valence-electron chi connectivity index (χ0n) is 19.6. The Kier molecular flexibility index (Phi) is 6.45. The van der Waals surface area contributed by atoms with E-state index < -0.39 is 5.41 Å². The molecule has 5 rings (SSSR count). The van der Waals surface area contributed by atoms with Crippen LogP contribution in [-0.2, 0) is 14.9 Å². The molecule has 0 aliphatic carbocycles. The first-order valence-corrected chi connectivity index (χ1v) is 12.0. The molecule has 1 amide bonds. The Bertz CT molecular complexity index is 1120. The maximum Gasteiger partial charge on any atom is 0.235 e. The first-order valence-electron chi connectivity index (χ1n) is 12.0. The van der Waals surface area contributed by atoms with E-state index in [1.165, 1.54) is 12.8 Å². The van der Waals surface area contributed by atoms with E-state index in [0.717, 1.165) is 47.5 Å². The van der Waals surface area contributed by atoms with Gasteiger partial charge >= 0.3 is 0 Å². The fraction of sp³-hybridized carbons (Fsp3) is 0.370. The molecule has 3 aromatic rings. The van der Waals surface area contributed by atoms with Crippen molar-refractivity contribution < 1.29 is 9.53 Å². The second kappa shape index (κ2) is 9.81. The summed E-state index contributed by atoms with van der Waals surface area (Å²) in [4.78, 5) is 24.9. The van der Waals surface area contributed by atoms with Crippen LogP contribution < -0.4 is 15.5 Å². The monoisotopic (exact) mass is 457 g/mol. The highest BCUT2D eigenvalue weighted by Crippen LogP contribution is 2.36. The molecule has 3 heterocycles. The van der Waals surface area contributed by atoms with Gasteiger partial charge in [-0.1, -0.05) is 30.3 Å². The zero-order valence-corrected chi connectivity index (χ0v) is 19.6. The summed E-state index contributed by atoms with van der Waals surface area (Å²) < 4.78 is 5.57. The SMILES string of the molecule is Cc1nc(Nc2ccc(NC(=O)C3(c4ccccc4)CCOCC3)cc2)cc(N2CCCC2)n1. The Hall–Kier alpha value is -3.45. The van der Waals surface area contributed by atoms with Crippen molar-refractivity contribution in [1.82, 2.24) is 9.97 Å². The molecule has 0 spiro atoms. The van der Waals surface area contributed by atoms with Crippen LogP contribution in [0.3, 0.4) is 0 Å². The molecule has 2 fully saturated rings. The van der Waals surface area contributed by atoms with Crippen molar-refractivity contribution in [2.24, 2.45) is 0 Å². The van der Waals surface area contributed by atoms with Gasteiger partial charge in [-0.25, -0.2) is 9.97 Å². The average Bonchev–Trinajstić information content (AvgIpc) is 3.41. The number of carbonyl (C=O) groups is 1. The van der Waals surface area contributed by atoms with Crippen LogP contribution in [0.25, 0.3) is 0 Å². The lowest BCUT2D eigenvalue weighted by Crippen LogP contribution is -2.44. The van der Waals surface area contributed by atoms with Gasteiger partial charge in [0.05, 0.1) is 5.41 Å². The highest BCUT2D eigenvalue weighted by Gasteiger charge is 2.41. The number of anilines is 4. The predicted molar refractivity (Wildman–Crippen MR) is 135 cm³/mol. The average molecular weight is 458 g/mol. The fourth-order valence-electron chi connectivity index (χ4n) is 4.88. The van der Waals surface area contributed by atoms with Gasteiger partial charge in [0, 0.05) is 43.7 Å². The molecule has 2 aromatic carbocycles. The summed E-state index contributed by atoms with van der Waals surface area (Å²) in [5.41, 5.74) is 2.16. The van der Waals surface area contributed by atoms with Gasteiger partial charge in [0.25, 0.3) is 0 Å². The van der Waals surface area contributed by atoms with E-state index in [-0.39, 0.29) is 5.91 Å². The van der Waals surface area contributed by atoms with Crippen molar-refractivity contribution in [2.45, 2.75) is 38.0 Å². The largest absolute Gasteiger partial charge is 0.381 e. The normalized spacial score (nSPS) is 17.4. The zero-order chi connectivity index (χ0) is 23.4. The molecule has 2 saturated heterocycles. The molecule has 7 heteroatoms. The van der Waals surface area contributed by atoms with Gasteiger partial charge in [0.2, 0.25) is 5.91 Å². The molecule has 0 atom stereocenters. The Morgan fingerprint density at radius 3 is 2.32 bits per heavy atom. The molecule has 2 aliphatic heterocycles. The first kappa shape index (κ1) is 22.3. The molecule has 1 aromatic heterocycles. The van der Waals surface area contributed by atoms with Gasteiger partial charge in [0.1, 0.15) is 17.5 Å². The first-order chi connectivity index (χ1) is 16.6. The van der Waals surface area contributed by atoms with Gasteiger partial charge in [0.15, 0.2) is 0 Å². The number of benzene rings is 2. The van der Waals surface area contributed by atoms with Crippen molar-refractivity contribution in [2.75, 3.05) is 41.8 Å². The molecule has 176 valence electrons. The number of nitrogens with zero attached hydrogens (tertiary/aromatic N) is 3. The van der Waals surface area contributed by atoms with Crippen LogP contribution in [0.2, 0.25) is 0 Å². The lowest BCUT2D eigenvalue weighted by molar-refractivity contribution is -0.125. The van der Waals surface area contributed by atoms with Crippen molar-refractivity contribution >= 4 is 28.9 Å². The van der Waals surface area contributed by atoms with Crippen molar-refractivity contribution in [3.63, 3.8) is 0 Å². The van der Waals surface area contributed by atoms with Crippen molar-refractivity contribution in [1.29, 1.82) is 0 Å². The van der Waals surface area contributed by atoms with E-state index in [1.807, 2.05) is 67.6 Å². The van der Waals surface area contributed by atoms with Gasteiger partial charge in [-0.2, -0.15) is 0 Å². The fourth-order valence-corrected chi connectivity index (χ4v) is 4.88. The number of aromatic nitrogens is 2. The molecule has 34 heavy (non-hydrogen) atoms. The topological polar surface area (TPSA) is 79.4 Å². The number of aryl methyl sites for hydroxylation is 1. The molecule has 0 unspecified atom stereocenters. The van der Waals surface area contributed by atoms with Crippen LogP contribution in [0.15, 0.2) is 60.7 Å². The number of hydrogen-bond donors (Lipinski definition) is 2. The van der Waals surface area contributed by atoms with Crippen LogP contribution in [0.5, 0.6) is 0 Å². The molecule has 0 radical (unpaired) electrons. The Balaban J connectivity index is 1.29. The van der Waals surface area contributed by atoms with Crippen LogP contribution >= 0.6 is 0 Å². The van der Waals surface area contributed by atoms with E-state index in [4.69, 9.17) is 4.74 Å². The third kappa shape index (κ3) is 4.75. The summed E-state index contributed by atoms with van der Waals surface area (Å²) in [6.45, 7) is 5.18. The molecular formula is C27H31N5O2.